The van der Waals surface area contributed by atoms with Crippen molar-refractivity contribution in [2.45, 2.75) is 13.3 Å². The topological polar surface area (TPSA) is 75.6 Å². The van der Waals surface area contributed by atoms with Crippen LogP contribution in [0.25, 0.3) is 0 Å². The quantitative estimate of drug-likeness (QED) is 0.476. The van der Waals surface area contributed by atoms with Crippen LogP contribution in [0, 0.1) is 5.92 Å². The summed E-state index contributed by atoms with van der Waals surface area (Å²) in [5.41, 5.74) is 0. The molecule has 15 heavy (non-hydrogen) atoms. The van der Waals surface area contributed by atoms with Gasteiger partial charge in [-0.1, -0.05) is 0 Å². The van der Waals surface area contributed by atoms with Crippen LogP contribution < -0.4 is 5.32 Å². The van der Waals surface area contributed by atoms with Crippen LogP contribution >= 0.6 is 0 Å². The van der Waals surface area contributed by atoms with E-state index in [0.29, 0.717) is 0 Å². The molecule has 5 nitrogen and oxygen atoms in total. The molecule has 0 saturated heterocycles. The highest BCUT2D eigenvalue weighted by Crippen LogP contribution is 1.94. The molecule has 0 rings (SSSR count). The molecule has 0 aliphatic heterocycles. The molecular weight excluding hydrogens is 212 g/mol. The van der Waals surface area contributed by atoms with Gasteiger partial charge in [0.05, 0.1) is 6.61 Å². The highest BCUT2D eigenvalue weighted by molar-refractivity contribution is 5.96. The van der Waals surface area contributed by atoms with Crippen LogP contribution in [0.5, 0.6) is 0 Å². The first-order chi connectivity index (χ1) is 6.95. The van der Waals surface area contributed by atoms with Crippen molar-refractivity contribution in [2.75, 3.05) is 19.8 Å². The maximum atomic E-state index is 11.6. The Morgan fingerprint density at radius 2 is 2.07 bits per heavy atom. The monoisotopic (exact) mass is 225 g/mol. The molecule has 0 aromatic carbocycles. The molecule has 2 N–H and O–H groups in total. The van der Waals surface area contributed by atoms with Crippen molar-refractivity contribution in [1.29, 1.82) is 0 Å². The van der Waals surface area contributed by atoms with Crippen molar-refractivity contribution in [1.82, 2.24) is 5.32 Å². The maximum Gasteiger partial charge on any atom is 0.315 e. The molecule has 0 spiro atoms. The Labute approximate surface area is 85.4 Å². The normalized spacial score (nSPS) is 12.5. The zero-order chi connectivity index (χ0) is 11.8. The van der Waals surface area contributed by atoms with E-state index in [1.54, 1.807) is 0 Å². The van der Waals surface area contributed by atoms with E-state index in [1.807, 2.05) is 0 Å². The third-order valence-electron chi connectivity index (χ3n) is 1.55. The third-order valence-corrected chi connectivity index (χ3v) is 1.55. The number of hydrogen-bond donors (Lipinski definition) is 2. The number of ether oxygens (including phenoxy) is 1. The van der Waals surface area contributed by atoms with Gasteiger partial charge in [-0.15, -0.1) is 0 Å². The summed E-state index contributed by atoms with van der Waals surface area (Å²) in [5, 5.41) is 10.7. The second kappa shape index (κ2) is 7.10. The third kappa shape index (κ3) is 6.78. The van der Waals surface area contributed by atoms with Crippen LogP contribution in [0.1, 0.15) is 6.92 Å². The van der Waals surface area contributed by atoms with Crippen molar-refractivity contribution in [3.63, 3.8) is 0 Å². The molecule has 0 radical (unpaired) electrons. The summed E-state index contributed by atoms with van der Waals surface area (Å²) >= 11 is 0. The van der Waals surface area contributed by atoms with E-state index in [9.17, 15) is 18.4 Å². The van der Waals surface area contributed by atoms with Crippen LogP contribution in [0.2, 0.25) is 0 Å². The number of alkyl halides is 2. The zero-order valence-electron chi connectivity index (χ0n) is 8.20. The fraction of sp³-hybridized carbons (Fsp3) is 0.750. The lowest BCUT2D eigenvalue weighted by Crippen LogP contribution is -2.35. The lowest BCUT2D eigenvalue weighted by Gasteiger charge is -2.08. The number of carbonyl (C=O) groups excluding carboxylic acids is 1. The first kappa shape index (κ1) is 13.8. The molecular formula is C8H13F2NO4. The number of carbonyl (C=O) groups is 2. The number of halogens is 2. The Bertz CT molecular complexity index is 223. The van der Waals surface area contributed by atoms with Crippen LogP contribution in [0.3, 0.4) is 0 Å². The summed E-state index contributed by atoms with van der Waals surface area (Å²) in [4.78, 5) is 21.3. The predicted molar refractivity (Wildman–Crippen MR) is 46.6 cm³/mol. The molecule has 0 aliphatic carbocycles. The first-order valence-electron chi connectivity index (χ1n) is 4.31. The highest BCUT2D eigenvalue weighted by atomic mass is 19.3. The van der Waals surface area contributed by atoms with E-state index in [0.717, 1.165) is 0 Å². The van der Waals surface area contributed by atoms with E-state index < -0.39 is 30.8 Å². The number of carboxylic acid groups (broad SMARTS) is 1. The molecule has 7 heteroatoms. The minimum atomic E-state index is -2.54. The second-order valence-corrected chi connectivity index (χ2v) is 2.82. The Hall–Kier alpha value is -1.24. The van der Waals surface area contributed by atoms with Gasteiger partial charge in [0.1, 0.15) is 12.5 Å². The molecule has 0 saturated carbocycles. The zero-order valence-corrected chi connectivity index (χ0v) is 8.20. The number of amides is 1. The molecule has 1 amide bonds. The molecule has 1 unspecified atom stereocenters. The predicted octanol–water partition coefficient (Wildman–Crippen LogP) is 0.105. The largest absolute Gasteiger partial charge is 0.481 e. The van der Waals surface area contributed by atoms with E-state index >= 15 is 0 Å². The number of aliphatic carboxylic acids is 1. The summed E-state index contributed by atoms with van der Waals surface area (Å²) in [7, 11) is 0. The van der Waals surface area contributed by atoms with Crippen molar-refractivity contribution >= 4 is 11.9 Å². The average molecular weight is 225 g/mol. The SMILES string of the molecule is CC(C(=O)O)C(=O)NCCOCC(F)F. The number of nitrogens with one attached hydrogen (secondary N) is 1. The minimum Gasteiger partial charge on any atom is -0.481 e. The summed E-state index contributed by atoms with van der Waals surface area (Å²) in [5.74, 6) is -3.05. The summed E-state index contributed by atoms with van der Waals surface area (Å²) in [6, 6.07) is 0. The smallest absolute Gasteiger partial charge is 0.315 e. The van der Waals surface area contributed by atoms with Gasteiger partial charge in [-0.2, -0.15) is 0 Å². The van der Waals surface area contributed by atoms with Crippen LogP contribution in [0.15, 0.2) is 0 Å². The summed E-state index contributed by atoms with van der Waals surface area (Å²) in [6.07, 6.45) is -2.54. The van der Waals surface area contributed by atoms with Crippen LogP contribution in [-0.2, 0) is 14.3 Å². The Morgan fingerprint density at radius 1 is 1.47 bits per heavy atom. The van der Waals surface area contributed by atoms with Gasteiger partial charge in [0, 0.05) is 6.54 Å². The molecule has 0 aromatic rings. The van der Waals surface area contributed by atoms with Gasteiger partial charge < -0.3 is 15.2 Å². The average Bonchev–Trinajstić information content (AvgIpc) is 2.15. The van der Waals surface area contributed by atoms with E-state index in [2.05, 4.69) is 10.1 Å². The van der Waals surface area contributed by atoms with Gasteiger partial charge in [0.2, 0.25) is 5.91 Å². The first-order valence-corrected chi connectivity index (χ1v) is 4.31. The molecule has 0 bridgehead atoms. The van der Waals surface area contributed by atoms with Crippen LogP contribution in [-0.4, -0.2) is 43.2 Å². The molecule has 88 valence electrons. The van der Waals surface area contributed by atoms with Gasteiger partial charge in [0.15, 0.2) is 0 Å². The second-order valence-electron chi connectivity index (χ2n) is 2.82. The van der Waals surface area contributed by atoms with Gasteiger partial charge in [-0.05, 0) is 6.92 Å². The fourth-order valence-electron chi connectivity index (χ4n) is 0.684. The Balaban J connectivity index is 3.51. The number of hydrogen-bond acceptors (Lipinski definition) is 3. The molecule has 0 aliphatic rings. The lowest BCUT2D eigenvalue weighted by atomic mass is 10.2. The van der Waals surface area contributed by atoms with Gasteiger partial charge in [-0.25, -0.2) is 8.78 Å². The lowest BCUT2D eigenvalue weighted by molar-refractivity contribution is -0.146. The van der Waals surface area contributed by atoms with Gasteiger partial charge in [0.25, 0.3) is 6.43 Å². The number of rotatable bonds is 7. The van der Waals surface area contributed by atoms with Crippen molar-refractivity contribution in [2.24, 2.45) is 5.92 Å². The van der Waals surface area contributed by atoms with E-state index in [4.69, 9.17) is 5.11 Å². The van der Waals surface area contributed by atoms with Crippen molar-refractivity contribution < 1.29 is 28.2 Å². The molecule has 0 fully saturated rings. The van der Waals surface area contributed by atoms with Gasteiger partial charge in [-0.3, -0.25) is 9.59 Å². The Morgan fingerprint density at radius 3 is 2.53 bits per heavy atom. The number of carboxylic acids is 1. The van der Waals surface area contributed by atoms with Gasteiger partial charge >= 0.3 is 5.97 Å². The fourth-order valence-corrected chi connectivity index (χ4v) is 0.684. The molecule has 0 aromatic heterocycles. The minimum absolute atomic E-state index is 0.0170. The summed E-state index contributed by atoms with van der Waals surface area (Å²) in [6.45, 7) is 0.494. The highest BCUT2D eigenvalue weighted by Gasteiger charge is 2.19. The van der Waals surface area contributed by atoms with Crippen molar-refractivity contribution in [3.8, 4) is 0 Å². The molecule has 0 heterocycles. The standard InChI is InChI=1S/C8H13F2NO4/c1-5(8(13)14)7(12)11-2-3-15-4-6(9)10/h5-6H,2-4H2,1H3,(H,11,12)(H,13,14). The Kier molecular flexibility index (Phi) is 6.52. The summed E-state index contributed by atoms with van der Waals surface area (Å²) < 4.78 is 27.6. The van der Waals surface area contributed by atoms with Crippen LogP contribution in [0.4, 0.5) is 8.78 Å². The van der Waals surface area contributed by atoms with Crippen molar-refractivity contribution in [3.05, 3.63) is 0 Å². The van der Waals surface area contributed by atoms with E-state index in [-0.39, 0.29) is 13.2 Å². The molecule has 1 atom stereocenters. The van der Waals surface area contributed by atoms with E-state index in [1.165, 1.54) is 6.92 Å². The maximum absolute atomic E-state index is 11.6.